The summed E-state index contributed by atoms with van der Waals surface area (Å²) in [5, 5.41) is 0. The molecule has 2 unspecified atom stereocenters. The summed E-state index contributed by atoms with van der Waals surface area (Å²) in [4.78, 5) is 20.5. The van der Waals surface area contributed by atoms with Gasteiger partial charge in [-0.25, -0.2) is 4.79 Å². The molecular weight excluding hydrogens is 352 g/mol. The van der Waals surface area contributed by atoms with Crippen LogP contribution in [0.15, 0.2) is 36.4 Å². The van der Waals surface area contributed by atoms with Gasteiger partial charge in [-0.3, -0.25) is 0 Å². The van der Waals surface area contributed by atoms with Crippen LogP contribution in [0.5, 0.6) is 17.8 Å². The van der Waals surface area contributed by atoms with Gasteiger partial charge in [0.15, 0.2) is 0 Å². The summed E-state index contributed by atoms with van der Waals surface area (Å²) in [6.07, 6.45) is -1.66. The largest absolute Gasteiger partial charge is 0.481 e. The molecule has 27 heavy (non-hydrogen) atoms. The second-order valence-corrected chi connectivity index (χ2v) is 5.53. The zero-order chi connectivity index (χ0) is 19.6. The van der Waals surface area contributed by atoms with Crippen LogP contribution in [-0.4, -0.2) is 49.0 Å². The Morgan fingerprint density at radius 3 is 2.26 bits per heavy atom. The molecule has 2 rings (SSSR count). The maximum absolute atomic E-state index is 12.4. The molecule has 8 heteroatoms. The van der Waals surface area contributed by atoms with Crippen LogP contribution >= 0.6 is 0 Å². The molecule has 0 aliphatic carbocycles. The molecule has 0 spiro atoms. The normalized spacial score (nSPS) is 12.7. The van der Waals surface area contributed by atoms with E-state index < -0.39 is 18.2 Å². The molecule has 0 aliphatic rings. The van der Waals surface area contributed by atoms with Crippen molar-refractivity contribution in [2.75, 3.05) is 20.8 Å². The van der Waals surface area contributed by atoms with Crippen molar-refractivity contribution in [1.82, 2.24) is 9.97 Å². The lowest BCUT2D eigenvalue weighted by Gasteiger charge is -2.23. The molecule has 0 saturated heterocycles. The van der Waals surface area contributed by atoms with Crippen LogP contribution in [-0.2, 0) is 20.9 Å². The molecule has 0 saturated carbocycles. The highest BCUT2D eigenvalue weighted by molar-refractivity contribution is 5.75. The van der Waals surface area contributed by atoms with E-state index in [0.29, 0.717) is 6.61 Å². The number of carbonyl (C=O) groups excluding carboxylic acids is 1. The smallest absolute Gasteiger partial charge is 0.350 e. The minimum Gasteiger partial charge on any atom is -0.481 e. The van der Waals surface area contributed by atoms with Crippen LogP contribution in [0, 0.1) is 0 Å². The van der Waals surface area contributed by atoms with Crippen LogP contribution in [0.25, 0.3) is 0 Å². The number of esters is 1. The Kier molecular flexibility index (Phi) is 7.81. The van der Waals surface area contributed by atoms with Crippen molar-refractivity contribution in [3.63, 3.8) is 0 Å². The van der Waals surface area contributed by atoms with E-state index in [1.165, 1.54) is 20.3 Å². The molecule has 0 N–H and O–H groups in total. The van der Waals surface area contributed by atoms with E-state index in [2.05, 4.69) is 9.97 Å². The Balaban J connectivity index is 2.14. The molecule has 146 valence electrons. The van der Waals surface area contributed by atoms with Gasteiger partial charge < -0.3 is 23.7 Å². The lowest BCUT2D eigenvalue weighted by atomic mass is 10.2. The molecule has 0 aliphatic heterocycles. The third kappa shape index (κ3) is 6.10. The first kappa shape index (κ1) is 20.4. The van der Waals surface area contributed by atoms with Gasteiger partial charge in [0, 0.05) is 0 Å². The number of nitrogens with zero attached hydrogens (tertiary/aromatic N) is 2. The number of benzene rings is 1. The molecule has 1 heterocycles. The second-order valence-electron chi connectivity index (χ2n) is 5.53. The van der Waals surface area contributed by atoms with E-state index in [9.17, 15) is 4.79 Å². The monoisotopic (exact) mass is 376 g/mol. The minimum atomic E-state index is -1.05. The Morgan fingerprint density at radius 1 is 1.07 bits per heavy atom. The molecule has 0 radical (unpaired) electrons. The van der Waals surface area contributed by atoms with E-state index in [1.807, 2.05) is 30.3 Å². The predicted octanol–water partition coefficient (Wildman–Crippen LogP) is 2.41. The number of carbonyl (C=O) groups is 1. The van der Waals surface area contributed by atoms with E-state index in [1.54, 1.807) is 13.8 Å². The maximum Gasteiger partial charge on any atom is 0.350 e. The Labute approximate surface area is 158 Å². The fraction of sp³-hybridized carbons (Fsp3) is 0.421. The van der Waals surface area contributed by atoms with Crippen molar-refractivity contribution < 1.29 is 28.5 Å². The van der Waals surface area contributed by atoms with Crippen molar-refractivity contribution in [3.05, 3.63) is 42.0 Å². The van der Waals surface area contributed by atoms with E-state index in [0.717, 1.165) is 5.56 Å². The van der Waals surface area contributed by atoms with Gasteiger partial charge in [0.1, 0.15) is 6.10 Å². The van der Waals surface area contributed by atoms with Gasteiger partial charge >= 0.3 is 12.0 Å². The van der Waals surface area contributed by atoms with Crippen molar-refractivity contribution in [1.29, 1.82) is 0 Å². The quantitative estimate of drug-likeness (QED) is 0.584. The third-order valence-electron chi connectivity index (χ3n) is 3.61. The summed E-state index contributed by atoms with van der Waals surface area (Å²) >= 11 is 0. The molecule has 2 atom stereocenters. The average molecular weight is 376 g/mol. The number of hydrogen-bond donors (Lipinski definition) is 0. The SMILES string of the molecule is CCOC(=O)C(Oc1nc(OC)cc(OC)n1)C(C)OCc1ccccc1. The predicted molar refractivity (Wildman–Crippen MR) is 96.9 cm³/mol. The van der Waals surface area contributed by atoms with Crippen LogP contribution < -0.4 is 14.2 Å². The van der Waals surface area contributed by atoms with Gasteiger partial charge in [-0.15, -0.1) is 0 Å². The Morgan fingerprint density at radius 2 is 1.70 bits per heavy atom. The van der Waals surface area contributed by atoms with Crippen molar-refractivity contribution in [2.45, 2.75) is 32.7 Å². The van der Waals surface area contributed by atoms with Crippen molar-refractivity contribution >= 4 is 5.97 Å². The molecule has 0 bridgehead atoms. The fourth-order valence-corrected chi connectivity index (χ4v) is 2.21. The number of hydrogen-bond acceptors (Lipinski definition) is 8. The molecule has 1 aromatic heterocycles. The van der Waals surface area contributed by atoms with Crippen LogP contribution in [0.3, 0.4) is 0 Å². The highest BCUT2D eigenvalue weighted by Crippen LogP contribution is 2.21. The standard InChI is InChI=1S/C19H24N2O6/c1-5-25-18(22)17(13(2)26-12-14-9-7-6-8-10-14)27-19-20-15(23-3)11-16(21-19)24-4/h6-11,13,17H,5,12H2,1-4H3. The summed E-state index contributed by atoms with van der Waals surface area (Å²) in [5.74, 6) is -0.0712. The van der Waals surface area contributed by atoms with Crippen LogP contribution in [0.2, 0.25) is 0 Å². The number of ether oxygens (including phenoxy) is 5. The van der Waals surface area contributed by atoms with Gasteiger partial charge in [-0.2, -0.15) is 9.97 Å². The highest BCUT2D eigenvalue weighted by Gasteiger charge is 2.31. The van der Waals surface area contributed by atoms with Crippen molar-refractivity contribution in [2.24, 2.45) is 0 Å². The number of rotatable bonds is 10. The third-order valence-corrected chi connectivity index (χ3v) is 3.61. The second kappa shape index (κ2) is 10.3. The number of aromatic nitrogens is 2. The molecule has 2 aromatic rings. The number of methoxy groups -OCH3 is 2. The van der Waals surface area contributed by atoms with Gasteiger partial charge in [-0.1, -0.05) is 30.3 Å². The summed E-state index contributed by atoms with van der Waals surface area (Å²) in [6, 6.07) is 11.1. The molecule has 0 fully saturated rings. The Bertz CT molecular complexity index is 703. The van der Waals surface area contributed by atoms with Gasteiger partial charge in [0.2, 0.25) is 17.9 Å². The first-order valence-corrected chi connectivity index (χ1v) is 8.53. The maximum atomic E-state index is 12.4. The zero-order valence-corrected chi connectivity index (χ0v) is 15.9. The van der Waals surface area contributed by atoms with E-state index in [4.69, 9.17) is 23.7 Å². The first-order chi connectivity index (χ1) is 13.1. The lowest BCUT2D eigenvalue weighted by molar-refractivity contribution is -0.159. The Hall–Kier alpha value is -2.87. The minimum absolute atomic E-state index is 0.0700. The summed E-state index contributed by atoms with van der Waals surface area (Å²) in [5.41, 5.74) is 0.978. The van der Waals surface area contributed by atoms with Crippen LogP contribution in [0.1, 0.15) is 19.4 Å². The van der Waals surface area contributed by atoms with E-state index >= 15 is 0 Å². The first-order valence-electron chi connectivity index (χ1n) is 8.53. The lowest BCUT2D eigenvalue weighted by Crippen LogP contribution is -2.40. The summed E-state index contributed by atoms with van der Waals surface area (Å²) < 4.78 is 26.8. The van der Waals surface area contributed by atoms with E-state index in [-0.39, 0.29) is 24.4 Å². The molecule has 8 nitrogen and oxygen atoms in total. The summed E-state index contributed by atoms with van der Waals surface area (Å²) in [7, 11) is 2.92. The molecular formula is C19H24N2O6. The highest BCUT2D eigenvalue weighted by atomic mass is 16.6. The molecule has 0 amide bonds. The van der Waals surface area contributed by atoms with Gasteiger partial charge in [0.25, 0.3) is 0 Å². The van der Waals surface area contributed by atoms with Crippen molar-refractivity contribution in [3.8, 4) is 17.8 Å². The fourth-order valence-electron chi connectivity index (χ4n) is 2.21. The van der Waals surface area contributed by atoms with Gasteiger partial charge in [0.05, 0.1) is 33.5 Å². The zero-order valence-electron chi connectivity index (χ0n) is 15.9. The molecule has 1 aromatic carbocycles. The average Bonchev–Trinajstić information content (AvgIpc) is 2.70. The van der Waals surface area contributed by atoms with Crippen LogP contribution in [0.4, 0.5) is 0 Å². The topological polar surface area (TPSA) is 89.0 Å². The van der Waals surface area contributed by atoms with Gasteiger partial charge in [-0.05, 0) is 19.4 Å². The summed E-state index contributed by atoms with van der Waals surface area (Å²) in [6.45, 7) is 3.98.